The second-order valence-corrected chi connectivity index (χ2v) is 6.97. The molecule has 0 bridgehead atoms. The maximum Gasteiger partial charge on any atom is 0.251 e. The minimum Gasteiger partial charge on any atom is -0.387 e. The van der Waals surface area contributed by atoms with Crippen LogP contribution in [0.1, 0.15) is 31.4 Å². The first-order valence-electron chi connectivity index (χ1n) is 8.99. The van der Waals surface area contributed by atoms with Gasteiger partial charge in [0.25, 0.3) is 5.91 Å². The van der Waals surface area contributed by atoms with Crippen molar-refractivity contribution in [3.05, 3.63) is 35.9 Å². The van der Waals surface area contributed by atoms with Crippen LogP contribution in [0.5, 0.6) is 0 Å². The monoisotopic (exact) mass is 332 g/mol. The zero-order chi connectivity index (χ0) is 16.9. The number of piperazine rings is 1. The van der Waals surface area contributed by atoms with Gasteiger partial charge in [-0.3, -0.25) is 9.69 Å². The number of amides is 1. The Hall–Kier alpha value is -1.43. The van der Waals surface area contributed by atoms with Crippen LogP contribution in [0.2, 0.25) is 0 Å². The van der Waals surface area contributed by atoms with Crippen LogP contribution >= 0.6 is 0 Å². The predicted molar refractivity (Wildman–Crippen MR) is 92.6 cm³/mol. The van der Waals surface area contributed by atoms with Gasteiger partial charge in [-0.15, -0.1) is 0 Å². The lowest BCUT2D eigenvalue weighted by Gasteiger charge is -2.36. The van der Waals surface area contributed by atoms with Crippen LogP contribution in [0.15, 0.2) is 30.3 Å². The first-order chi connectivity index (χ1) is 11.6. The highest BCUT2D eigenvalue weighted by Gasteiger charge is 2.28. The Morgan fingerprint density at radius 3 is 2.50 bits per heavy atom. The van der Waals surface area contributed by atoms with Crippen LogP contribution < -0.4 is 0 Å². The number of aliphatic hydroxyl groups is 1. The summed E-state index contributed by atoms with van der Waals surface area (Å²) in [6.45, 7) is 6.19. The number of aliphatic hydroxyl groups excluding tert-OH is 1. The maximum absolute atomic E-state index is 12.4. The molecule has 0 spiro atoms. The Balaban J connectivity index is 1.40. The summed E-state index contributed by atoms with van der Waals surface area (Å²) in [5.41, 5.74) is 0.943. The van der Waals surface area contributed by atoms with Crippen molar-refractivity contribution in [2.45, 2.75) is 32.0 Å². The third-order valence-electron chi connectivity index (χ3n) is 4.93. The van der Waals surface area contributed by atoms with Crippen molar-refractivity contribution < 1.29 is 14.6 Å². The van der Waals surface area contributed by atoms with Crippen molar-refractivity contribution in [2.24, 2.45) is 5.92 Å². The Morgan fingerprint density at radius 1 is 1.21 bits per heavy atom. The molecule has 2 fully saturated rings. The number of carbonyl (C=O) groups excluding carboxylic acids is 1. The van der Waals surface area contributed by atoms with E-state index in [2.05, 4.69) is 4.90 Å². The van der Waals surface area contributed by atoms with E-state index < -0.39 is 6.10 Å². The Bertz CT molecular complexity index is 525. The summed E-state index contributed by atoms with van der Waals surface area (Å²) in [6, 6.07) is 9.73. The zero-order valence-corrected chi connectivity index (χ0v) is 14.4. The van der Waals surface area contributed by atoms with E-state index in [1.807, 2.05) is 42.2 Å². The van der Waals surface area contributed by atoms with Crippen LogP contribution in [0, 0.1) is 5.92 Å². The molecule has 1 saturated carbocycles. The quantitative estimate of drug-likeness (QED) is 0.825. The van der Waals surface area contributed by atoms with Gasteiger partial charge in [0, 0.05) is 32.7 Å². The van der Waals surface area contributed by atoms with Crippen molar-refractivity contribution in [3.8, 4) is 0 Å². The van der Waals surface area contributed by atoms with E-state index in [1.54, 1.807) is 0 Å². The smallest absolute Gasteiger partial charge is 0.251 e. The molecule has 132 valence electrons. The molecule has 24 heavy (non-hydrogen) atoms. The first-order valence-corrected chi connectivity index (χ1v) is 8.99. The summed E-state index contributed by atoms with van der Waals surface area (Å²) in [7, 11) is 0. The Labute approximate surface area is 144 Å². The number of β-amino-alcohol motifs (C(OH)–C–C–N with tert-alkyl or cyclic N) is 1. The van der Waals surface area contributed by atoms with Gasteiger partial charge in [-0.1, -0.05) is 30.3 Å². The fraction of sp³-hybridized carbons (Fsp3) is 0.632. The van der Waals surface area contributed by atoms with Gasteiger partial charge in [-0.2, -0.15) is 0 Å². The van der Waals surface area contributed by atoms with Crippen molar-refractivity contribution in [1.82, 2.24) is 9.80 Å². The summed E-state index contributed by atoms with van der Waals surface area (Å²) in [5.74, 6) is 0.774. The number of carbonyl (C=O) groups is 1. The van der Waals surface area contributed by atoms with Gasteiger partial charge in [-0.25, -0.2) is 0 Å². The molecular formula is C19H28N2O3. The van der Waals surface area contributed by atoms with Crippen LogP contribution in [-0.2, 0) is 9.53 Å². The molecule has 5 nitrogen and oxygen atoms in total. The maximum atomic E-state index is 12.4. The molecule has 1 N–H and O–H groups in total. The van der Waals surface area contributed by atoms with Crippen molar-refractivity contribution in [2.75, 3.05) is 39.3 Å². The summed E-state index contributed by atoms with van der Waals surface area (Å²) >= 11 is 0. The average molecular weight is 332 g/mol. The minimum atomic E-state index is -0.478. The molecule has 0 radical (unpaired) electrons. The topological polar surface area (TPSA) is 53.0 Å². The van der Waals surface area contributed by atoms with Crippen LogP contribution in [-0.4, -0.2) is 66.2 Å². The highest BCUT2D eigenvalue weighted by Crippen LogP contribution is 2.29. The molecule has 2 aliphatic rings. The van der Waals surface area contributed by atoms with Gasteiger partial charge in [0.2, 0.25) is 0 Å². The van der Waals surface area contributed by atoms with E-state index in [0.717, 1.165) is 25.3 Å². The Kier molecular flexibility index (Phi) is 5.87. The van der Waals surface area contributed by atoms with E-state index in [4.69, 9.17) is 4.74 Å². The summed E-state index contributed by atoms with van der Waals surface area (Å²) in [5, 5.41) is 10.3. The van der Waals surface area contributed by atoms with Gasteiger partial charge < -0.3 is 14.7 Å². The van der Waals surface area contributed by atoms with Gasteiger partial charge in [0.1, 0.15) is 6.10 Å². The lowest BCUT2D eigenvalue weighted by Crippen LogP contribution is -2.52. The molecule has 3 rings (SSSR count). The van der Waals surface area contributed by atoms with Crippen LogP contribution in [0.25, 0.3) is 0 Å². The Morgan fingerprint density at radius 2 is 1.88 bits per heavy atom. The minimum absolute atomic E-state index is 0.0962. The standard InChI is InChI=1S/C19H28N2O3/c1-15(24-14-16-7-8-16)19(23)21-11-9-20(10-12-21)13-18(22)17-5-3-2-4-6-17/h2-6,15-16,18,22H,7-14H2,1H3/t15-,18-/m0/s1. The molecule has 1 aliphatic carbocycles. The van der Waals surface area contributed by atoms with Gasteiger partial charge >= 0.3 is 0 Å². The summed E-state index contributed by atoms with van der Waals surface area (Å²) in [6.07, 6.45) is 1.66. The van der Waals surface area contributed by atoms with Crippen molar-refractivity contribution in [3.63, 3.8) is 0 Å². The largest absolute Gasteiger partial charge is 0.387 e. The van der Waals surface area contributed by atoms with E-state index in [1.165, 1.54) is 12.8 Å². The van der Waals surface area contributed by atoms with Gasteiger partial charge in [0.15, 0.2) is 0 Å². The lowest BCUT2D eigenvalue weighted by molar-refractivity contribution is -0.144. The number of ether oxygens (including phenoxy) is 1. The number of nitrogens with zero attached hydrogens (tertiary/aromatic N) is 2. The number of hydrogen-bond acceptors (Lipinski definition) is 4. The van der Waals surface area contributed by atoms with Gasteiger partial charge in [-0.05, 0) is 31.2 Å². The highest BCUT2D eigenvalue weighted by molar-refractivity contribution is 5.80. The first kappa shape index (κ1) is 17.4. The SMILES string of the molecule is C[C@H](OCC1CC1)C(=O)N1CCN(C[C@H](O)c2ccccc2)CC1. The number of rotatable bonds is 7. The molecule has 0 aromatic heterocycles. The normalized spacial score (nSPS) is 21.5. The molecule has 0 unspecified atom stereocenters. The van der Waals surface area contributed by atoms with Gasteiger partial charge in [0.05, 0.1) is 12.7 Å². The molecule has 5 heteroatoms. The van der Waals surface area contributed by atoms with E-state index in [-0.39, 0.29) is 12.0 Å². The molecule has 1 aromatic carbocycles. The summed E-state index contributed by atoms with van der Waals surface area (Å²) in [4.78, 5) is 16.5. The lowest BCUT2D eigenvalue weighted by atomic mass is 10.1. The molecular weight excluding hydrogens is 304 g/mol. The number of hydrogen-bond donors (Lipinski definition) is 1. The number of benzene rings is 1. The molecule has 2 atom stereocenters. The molecule has 1 heterocycles. The van der Waals surface area contributed by atoms with E-state index in [9.17, 15) is 9.90 Å². The van der Waals surface area contributed by atoms with Crippen LogP contribution in [0.4, 0.5) is 0 Å². The highest BCUT2D eigenvalue weighted by atomic mass is 16.5. The average Bonchev–Trinajstić information content (AvgIpc) is 3.45. The van der Waals surface area contributed by atoms with Crippen molar-refractivity contribution in [1.29, 1.82) is 0 Å². The molecule has 1 saturated heterocycles. The molecule has 1 amide bonds. The third-order valence-corrected chi connectivity index (χ3v) is 4.93. The summed E-state index contributed by atoms with van der Waals surface area (Å²) < 4.78 is 5.69. The van der Waals surface area contributed by atoms with E-state index in [0.29, 0.717) is 25.6 Å². The van der Waals surface area contributed by atoms with Crippen molar-refractivity contribution >= 4 is 5.91 Å². The second kappa shape index (κ2) is 8.10. The third kappa shape index (κ3) is 4.79. The van der Waals surface area contributed by atoms with E-state index >= 15 is 0 Å². The fourth-order valence-electron chi connectivity index (χ4n) is 3.07. The second-order valence-electron chi connectivity index (χ2n) is 6.97. The fourth-order valence-corrected chi connectivity index (χ4v) is 3.07. The molecule has 1 aromatic rings. The van der Waals surface area contributed by atoms with Crippen LogP contribution in [0.3, 0.4) is 0 Å². The predicted octanol–water partition coefficient (Wildman–Crippen LogP) is 1.68. The molecule has 1 aliphatic heterocycles. The zero-order valence-electron chi connectivity index (χ0n) is 14.4.